The lowest BCUT2D eigenvalue weighted by Crippen LogP contribution is -2.37. The SMILES string of the molecule is CN(Cc1ccc(C(=O)N2CC3(C)CC2CC(C)(C)C3)cc1)C(=O)c1cccc(OC(F)(F)F)c1. The Balaban J connectivity index is 1.40. The molecule has 4 rings (SSSR count). The highest BCUT2D eigenvalue weighted by molar-refractivity contribution is 5.95. The van der Waals surface area contributed by atoms with Crippen LogP contribution in [0, 0.1) is 10.8 Å². The van der Waals surface area contributed by atoms with E-state index in [1.807, 2.05) is 17.0 Å². The molecule has 1 saturated carbocycles. The smallest absolute Gasteiger partial charge is 0.406 e. The highest BCUT2D eigenvalue weighted by atomic mass is 19.4. The molecule has 1 aliphatic carbocycles. The van der Waals surface area contributed by atoms with Crippen LogP contribution in [-0.4, -0.2) is 47.6 Å². The summed E-state index contributed by atoms with van der Waals surface area (Å²) in [4.78, 5) is 29.4. The summed E-state index contributed by atoms with van der Waals surface area (Å²) < 4.78 is 41.3. The first kappa shape index (κ1) is 25.1. The van der Waals surface area contributed by atoms with Crippen LogP contribution in [0.4, 0.5) is 13.2 Å². The number of likely N-dealkylation sites (tertiary alicyclic amines) is 1. The number of carbonyl (C=O) groups is 2. The molecule has 0 aromatic heterocycles. The molecule has 1 saturated heterocycles. The lowest BCUT2D eigenvalue weighted by atomic mass is 9.65. The lowest BCUT2D eigenvalue weighted by Gasteiger charge is -2.39. The first-order chi connectivity index (χ1) is 16.2. The van der Waals surface area contributed by atoms with Gasteiger partial charge in [-0.25, -0.2) is 0 Å². The van der Waals surface area contributed by atoms with Gasteiger partial charge in [0.1, 0.15) is 5.75 Å². The molecule has 2 unspecified atom stereocenters. The number of ether oxygens (including phenoxy) is 1. The fraction of sp³-hybridized carbons (Fsp3) is 0.481. The average Bonchev–Trinajstić information content (AvgIpc) is 3.00. The van der Waals surface area contributed by atoms with E-state index in [2.05, 4.69) is 25.5 Å². The van der Waals surface area contributed by atoms with Crippen molar-refractivity contribution in [3.8, 4) is 5.75 Å². The van der Waals surface area contributed by atoms with Crippen LogP contribution in [-0.2, 0) is 6.54 Å². The Kier molecular flexibility index (Phi) is 6.36. The zero-order chi connectivity index (χ0) is 25.6. The fourth-order valence-corrected chi connectivity index (χ4v) is 6.01. The number of hydrogen-bond acceptors (Lipinski definition) is 3. The summed E-state index contributed by atoms with van der Waals surface area (Å²) in [6.45, 7) is 7.84. The Bertz CT molecular complexity index is 1110. The van der Waals surface area contributed by atoms with Crippen molar-refractivity contribution in [2.45, 2.75) is 59.0 Å². The second-order valence-corrected chi connectivity index (χ2v) is 11.1. The molecule has 5 nitrogen and oxygen atoms in total. The van der Waals surface area contributed by atoms with Crippen LogP contribution in [0.5, 0.6) is 5.75 Å². The molecule has 35 heavy (non-hydrogen) atoms. The summed E-state index contributed by atoms with van der Waals surface area (Å²) in [5.41, 5.74) is 1.92. The molecule has 0 spiro atoms. The van der Waals surface area contributed by atoms with Gasteiger partial charge in [-0.1, -0.05) is 39.0 Å². The third-order valence-electron chi connectivity index (χ3n) is 6.96. The quantitative estimate of drug-likeness (QED) is 0.527. The Morgan fingerprint density at radius 3 is 2.40 bits per heavy atom. The molecule has 2 atom stereocenters. The largest absolute Gasteiger partial charge is 0.573 e. The standard InChI is InChI=1S/C27H31F3N2O3/c1-25(2)13-21-14-26(3,16-25)17-32(21)24(34)19-10-8-18(9-11-19)15-31(4)23(33)20-6-5-7-22(12-20)35-27(28,29)30/h5-12,21H,13-17H2,1-4H3. The maximum atomic E-state index is 13.3. The highest BCUT2D eigenvalue weighted by Crippen LogP contribution is 2.52. The van der Waals surface area contributed by atoms with Gasteiger partial charge in [-0.3, -0.25) is 9.59 Å². The minimum atomic E-state index is -4.82. The maximum Gasteiger partial charge on any atom is 0.573 e. The molecule has 188 valence electrons. The first-order valence-corrected chi connectivity index (χ1v) is 11.7. The molecule has 2 fully saturated rings. The Labute approximate surface area is 203 Å². The number of nitrogens with zero attached hydrogens (tertiary/aromatic N) is 2. The van der Waals surface area contributed by atoms with Crippen molar-refractivity contribution in [3.05, 3.63) is 65.2 Å². The van der Waals surface area contributed by atoms with Crippen LogP contribution in [0.2, 0.25) is 0 Å². The van der Waals surface area contributed by atoms with Gasteiger partial charge in [0.05, 0.1) is 0 Å². The Hall–Kier alpha value is -3.03. The number of rotatable bonds is 5. The topological polar surface area (TPSA) is 49.9 Å². The van der Waals surface area contributed by atoms with Gasteiger partial charge >= 0.3 is 6.36 Å². The average molecular weight is 489 g/mol. The normalized spacial score (nSPS) is 23.2. The van der Waals surface area contributed by atoms with E-state index in [-0.39, 0.29) is 34.9 Å². The molecule has 0 N–H and O–H groups in total. The number of benzene rings is 2. The molecular formula is C27H31F3N2O3. The van der Waals surface area contributed by atoms with Crippen molar-refractivity contribution in [1.29, 1.82) is 0 Å². The molecular weight excluding hydrogens is 457 g/mol. The zero-order valence-corrected chi connectivity index (χ0v) is 20.5. The summed E-state index contributed by atoms with van der Waals surface area (Å²) in [5.74, 6) is -0.838. The summed E-state index contributed by atoms with van der Waals surface area (Å²) in [6, 6.07) is 12.5. The van der Waals surface area contributed by atoms with Crippen molar-refractivity contribution in [2.24, 2.45) is 10.8 Å². The third kappa shape index (κ3) is 5.80. The van der Waals surface area contributed by atoms with E-state index < -0.39 is 18.0 Å². The van der Waals surface area contributed by atoms with E-state index in [0.717, 1.165) is 43.5 Å². The molecule has 1 heterocycles. The maximum absolute atomic E-state index is 13.3. The number of amides is 2. The van der Waals surface area contributed by atoms with Gasteiger partial charge < -0.3 is 14.5 Å². The van der Waals surface area contributed by atoms with Crippen molar-refractivity contribution in [3.63, 3.8) is 0 Å². The highest BCUT2D eigenvalue weighted by Gasteiger charge is 2.51. The second-order valence-electron chi connectivity index (χ2n) is 11.1. The predicted octanol–water partition coefficient (Wildman–Crippen LogP) is 5.90. The summed E-state index contributed by atoms with van der Waals surface area (Å²) in [5, 5.41) is 0. The Morgan fingerprint density at radius 1 is 1.06 bits per heavy atom. The summed E-state index contributed by atoms with van der Waals surface area (Å²) >= 11 is 0. The van der Waals surface area contributed by atoms with Crippen molar-refractivity contribution in [1.82, 2.24) is 9.80 Å². The lowest BCUT2D eigenvalue weighted by molar-refractivity contribution is -0.274. The molecule has 2 bridgehead atoms. The van der Waals surface area contributed by atoms with Crippen LogP contribution in [0.3, 0.4) is 0 Å². The first-order valence-electron chi connectivity index (χ1n) is 11.7. The van der Waals surface area contributed by atoms with Crippen LogP contribution >= 0.6 is 0 Å². The van der Waals surface area contributed by atoms with Gasteiger partial charge in [0, 0.05) is 37.3 Å². The molecule has 1 aliphatic heterocycles. The van der Waals surface area contributed by atoms with E-state index >= 15 is 0 Å². The second kappa shape index (κ2) is 8.88. The van der Waals surface area contributed by atoms with Crippen LogP contribution in [0.1, 0.15) is 66.3 Å². The molecule has 2 aromatic rings. The Morgan fingerprint density at radius 2 is 1.74 bits per heavy atom. The van der Waals surface area contributed by atoms with Crippen molar-refractivity contribution < 1.29 is 27.5 Å². The van der Waals surface area contributed by atoms with E-state index in [1.54, 1.807) is 19.2 Å². The molecule has 8 heteroatoms. The number of carbonyl (C=O) groups excluding carboxylic acids is 2. The number of halogens is 3. The van der Waals surface area contributed by atoms with Crippen LogP contribution in [0.25, 0.3) is 0 Å². The van der Waals surface area contributed by atoms with Gasteiger partial charge in [0.2, 0.25) is 0 Å². The third-order valence-corrected chi connectivity index (χ3v) is 6.96. The predicted molar refractivity (Wildman–Crippen MR) is 126 cm³/mol. The summed E-state index contributed by atoms with van der Waals surface area (Å²) in [7, 11) is 1.57. The van der Waals surface area contributed by atoms with E-state index in [1.165, 1.54) is 17.0 Å². The number of alkyl halides is 3. The summed E-state index contributed by atoms with van der Waals surface area (Å²) in [6.07, 6.45) is -1.66. The van der Waals surface area contributed by atoms with Crippen LogP contribution in [0.15, 0.2) is 48.5 Å². The van der Waals surface area contributed by atoms with Crippen LogP contribution < -0.4 is 4.74 Å². The van der Waals surface area contributed by atoms with Crippen molar-refractivity contribution >= 4 is 11.8 Å². The van der Waals surface area contributed by atoms with Gasteiger partial charge in [-0.2, -0.15) is 0 Å². The minimum Gasteiger partial charge on any atom is -0.406 e. The van der Waals surface area contributed by atoms with Gasteiger partial charge in [-0.05, 0) is 66.0 Å². The van der Waals surface area contributed by atoms with Gasteiger partial charge in [0.15, 0.2) is 0 Å². The van der Waals surface area contributed by atoms with E-state index in [4.69, 9.17) is 0 Å². The van der Waals surface area contributed by atoms with E-state index in [0.29, 0.717) is 5.56 Å². The molecule has 0 radical (unpaired) electrons. The monoisotopic (exact) mass is 488 g/mol. The molecule has 2 amide bonds. The van der Waals surface area contributed by atoms with Gasteiger partial charge in [-0.15, -0.1) is 13.2 Å². The molecule has 2 aromatic carbocycles. The molecule has 2 aliphatic rings. The van der Waals surface area contributed by atoms with E-state index in [9.17, 15) is 22.8 Å². The van der Waals surface area contributed by atoms with Crippen molar-refractivity contribution in [2.75, 3.05) is 13.6 Å². The number of hydrogen-bond donors (Lipinski definition) is 0. The zero-order valence-electron chi connectivity index (χ0n) is 20.5. The minimum absolute atomic E-state index is 0.0360. The fourth-order valence-electron chi connectivity index (χ4n) is 6.01. The number of fused-ring (bicyclic) bond motifs is 2. The van der Waals surface area contributed by atoms with Gasteiger partial charge in [0.25, 0.3) is 11.8 Å².